The molecule has 1 heterocycles. The molecule has 0 spiro atoms. The SMILES string of the molecule is Nc1cnc(C(F)(F)F)cc1NCCc1ccc(F)cc1. The summed E-state index contributed by atoms with van der Waals surface area (Å²) in [5.41, 5.74) is 5.78. The molecular formula is C14H13F4N3. The van der Waals surface area contributed by atoms with Crippen molar-refractivity contribution < 1.29 is 17.6 Å². The van der Waals surface area contributed by atoms with Gasteiger partial charge in [0.1, 0.15) is 11.5 Å². The van der Waals surface area contributed by atoms with E-state index in [2.05, 4.69) is 10.3 Å². The molecule has 3 nitrogen and oxygen atoms in total. The van der Waals surface area contributed by atoms with Crippen LogP contribution in [0.4, 0.5) is 28.9 Å². The molecule has 0 fully saturated rings. The van der Waals surface area contributed by atoms with E-state index in [9.17, 15) is 17.6 Å². The summed E-state index contributed by atoms with van der Waals surface area (Å²) < 4.78 is 50.4. The first kappa shape index (κ1) is 15.1. The van der Waals surface area contributed by atoms with Crippen LogP contribution in [-0.4, -0.2) is 11.5 Å². The van der Waals surface area contributed by atoms with Crippen LogP contribution >= 0.6 is 0 Å². The highest BCUT2D eigenvalue weighted by Crippen LogP contribution is 2.30. The van der Waals surface area contributed by atoms with Crippen molar-refractivity contribution in [2.75, 3.05) is 17.6 Å². The lowest BCUT2D eigenvalue weighted by atomic mass is 10.1. The van der Waals surface area contributed by atoms with E-state index >= 15 is 0 Å². The van der Waals surface area contributed by atoms with Crippen molar-refractivity contribution >= 4 is 11.4 Å². The molecule has 1 aromatic heterocycles. The molecule has 0 bridgehead atoms. The highest BCUT2D eigenvalue weighted by Gasteiger charge is 2.32. The lowest BCUT2D eigenvalue weighted by Gasteiger charge is -2.12. The third-order valence-corrected chi connectivity index (χ3v) is 2.87. The molecule has 0 aliphatic carbocycles. The summed E-state index contributed by atoms with van der Waals surface area (Å²) in [6.07, 6.45) is -3.01. The van der Waals surface area contributed by atoms with E-state index in [1.165, 1.54) is 12.1 Å². The van der Waals surface area contributed by atoms with Gasteiger partial charge in [-0.25, -0.2) is 9.37 Å². The van der Waals surface area contributed by atoms with Gasteiger partial charge < -0.3 is 11.1 Å². The Morgan fingerprint density at radius 2 is 1.81 bits per heavy atom. The van der Waals surface area contributed by atoms with Gasteiger partial charge in [-0.1, -0.05) is 12.1 Å². The minimum Gasteiger partial charge on any atom is -0.396 e. The fourth-order valence-electron chi connectivity index (χ4n) is 1.77. The fourth-order valence-corrected chi connectivity index (χ4v) is 1.77. The number of alkyl halides is 3. The van der Waals surface area contributed by atoms with E-state index < -0.39 is 11.9 Å². The molecule has 3 N–H and O–H groups in total. The molecule has 7 heteroatoms. The Hall–Kier alpha value is -2.31. The van der Waals surface area contributed by atoms with Crippen LogP contribution in [0.2, 0.25) is 0 Å². The molecule has 0 unspecified atom stereocenters. The third-order valence-electron chi connectivity index (χ3n) is 2.87. The Balaban J connectivity index is 2.01. The van der Waals surface area contributed by atoms with Crippen molar-refractivity contribution in [1.82, 2.24) is 4.98 Å². The number of hydrogen-bond acceptors (Lipinski definition) is 3. The van der Waals surface area contributed by atoms with Gasteiger partial charge in [0.2, 0.25) is 0 Å². The van der Waals surface area contributed by atoms with Gasteiger partial charge in [-0.05, 0) is 30.2 Å². The number of nitrogen functional groups attached to an aromatic ring is 1. The van der Waals surface area contributed by atoms with E-state index in [1.807, 2.05) is 0 Å². The number of benzene rings is 1. The number of rotatable bonds is 4. The average molecular weight is 299 g/mol. The van der Waals surface area contributed by atoms with Gasteiger partial charge in [0, 0.05) is 6.54 Å². The largest absolute Gasteiger partial charge is 0.433 e. The molecule has 0 amide bonds. The summed E-state index contributed by atoms with van der Waals surface area (Å²) in [7, 11) is 0. The van der Waals surface area contributed by atoms with Crippen molar-refractivity contribution in [1.29, 1.82) is 0 Å². The van der Waals surface area contributed by atoms with Crippen LogP contribution in [0.15, 0.2) is 36.5 Å². The number of pyridine rings is 1. The highest BCUT2D eigenvalue weighted by atomic mass is 19.4. The molecule has 0 saturated heterocycles. The first-order valence-electron chi connectivity index (χ1n) is 6.17. The first-order valence-corrected chi connectivity index (χ1v) is 6.17. The second-order valence-electron chi connectivity index (χ2n) is 4.46. The third kappa shape index (κ3) is 4.08. The predicted molar refractivity (Wildman–Crippen MR) is 72.2 cm³/mol. The quantitative estimate of drug-likeness (QED) is 0.850. The number of anilines is 2. The lowest BCUT2D eigenvalue weighted by Crippen LogP contribution is -2.12. The van der Waals surface area contributed by atoms with Crippen molar-refractivity contribution in [2.45, 2.75) is 12.6 Å². The molecular weight excluding hydrogens is 286 g/mol. The van der Waals surface area contributed by atoms with E-state index in [0.717, 1.165) is 17.8 Å². The number of nitrogens with two attached hydrogens (primary N) is 1. The monoisotopic (exact) mass is 299 g/mol. The molecule has 0 aliphatic heterocycles. The maximum atomic E-state index is 12.7. The van der Waals surface area contributed by atoms with Crippen LogP contribution in [0, 0.1) is 5.82 Å². The summed E-state index contributed by atoms with van der Waals surface area (Å²) >= 11 is 0. The summed E-state index contributed by atoms with van der Waals surface area (Å²) in [5, 5.41) is 2.83. The van der Waals surface area contributed by atoms with E-state index in [0.29, 0.717) is 13.0 Å². The minimum atomic E-state index is -4.51. The lowest BCUT2D eigenvalue weighted by molar-refractivity contribution is -0.141. The molecule has 2 aromatic rings. The smallest absolute Gasteiger partial charge is 0.396 e. The average Bonchev–Trinajstić information content (AvgIpc) is 2.42. The van der Waals surface area contributed by atoms with Gasteiger partial charge in [-0.2, -0.15) is 13.2 Å². The molecule has 21 heavy (non-hydrogen) atoms. The summed E-state index contributed by atoms with van der Waals surface area (Å²) in [6, 6.07) is 6.78. The Kier molecular flexibility index (Phi) is 4.30. The number of nitrogens with zero attached hydrogens (tertiary/aromatic N) is 1. The van der Waals surface area contributed by atoms with Crippen LogP contribution in [-0.2, 0) is 12.6 Å². The van der Waals surface area contributed by atoms with Gasteiger partial charge >= 0.3 is 6.18 Å². The number of halogens is 4. The Labute approximate surface area is 118 Å². The highest BCUT2D eigenvalue weighted by molar-refractivity contribution is 5.65. The topological polar surface area (TPSA) is 50.9 Å². The van der Waals surface area contributed by atoms with Crippen molar-refractivity contribution in [3.63, 3.8) is 0 Å². The van der Waals surface area contributed by atoms with Gasteiger partial charge in [0.15, 0.2) is 0 Å². The number of nitrogens with one attached hydrogen (secondary N) is 1. The predicted octanol–water partition coefficient (Wildman–Crippen LogP) is 3.48. The summed E-state index contributed by atoms with van der Waals surface area (Å²) in [6.45, 7) is 0.372. The molecule has 1 aromatic carbocycles. The van der Waals surface area contributed by atoms with Crippen LogP contribution < -0.4 is 11.1 Å². The maximum Gasteiger partial charge on any atom is 0.433 e. The zero-order valence-corrected chi connectivity index (χ0v) is 10.9. The summed E-state index contributed by atoms with van der Waals surface area (Å²) in [5.74, 6) is -0.333. The minimum absolute atomic E-state index is 0.141. The van der Waals surface area contributed by atoms with Crippen molar-refractivity contribution in [2.24, 2.45) is 0 Å². The molecule has 0 aliphatic rings. The normalized spacial score (nSPS) is 11.4. The Bertz CT molecular complexity index is 609. The fraction of sp³-hybridized carbons (Fsp3) is 0.214. The number of aromatic nitrogens is 1. The van der Waals surface area contributed by atoms with Crippen LogP contribution in [0.25, 0.3) is 0 Å². The first-order chi connectivity index (χ1) is 9.86. The van der Waals surface area contributed by atoms with Crippen LogP contribution in [0.5, 0.6) is 0 Å². The van der Waals surface area contributed by atoms with E-state index in [1.54, 1.807) is 12.1 Å². The van der Waals surface area contributed by atoms with Gasteiger partial charge in [0.25, 0.3) is 0 Å². The van der Waals surface area contributed by atoms with Gasteiger partial charge in [-0.15, -0.1) is 0 Å². The van der Waals surface area contributed by atoms with Crippen molar-refractivity contribution in [3.05, 3.63) is 53.6 Å². The van der Waals surface area contributed by atoms with Crippen LogP contribution in [0.1, 0.15) is 11.3 Å². The zero-order valence-electron chi connectivity index (χ0n) is 10.9. The zero-order chi connectivity index (χ0) is 15.5. The van der Waals surface area contributed by atoms with E-state index in [-0.39, 0.29) is 17.2 Å². The molecule has 0 radical (unpaired) electrons. The maximum absolute atomic E-state index is 12.7. The van der Waals surface area contributed by atoms with Crippen LogP contribution in [0.3, 0.4) is 0 Å². The second kappa shape index (κ2) is 5.99. The van der Waals surface area contributed by atoms with Gasteiger partial charge in [0.05, 0.1) is 17.6 Å². The number of hydrogen-bond donors (Lipinski definition) is 2. The standard InChI is InChI=1S/C14H13F4N3/c15-10-3-1-9(2-4-10)5-6-20-12-7-13(14(16,17)18)21-8-11(12)19/h1-4,7-8H,5-6,19H2,(H,20,21). The molecule has 0 saturated carbocycles. The summed E-state index contributed by atoms with van der Waals surface area (Å²) in [4.78, 5) is 3.25. The second-order valence-corrected chi connectivity index (χ2v) is 4.46. The molecule has 112 valence electrons. The van der Waals surface area contributed by atoms with E-state index in [4.69, 9.17) is 5.73 Å². The molecule has 2 rings (SSSR count). The van der Waals surface area contributed by atoms with Gasteiger partial charge in [-0.3, -0.25) is 0 Å². The van der Waals surface area contributed by atoms with Crippen molar-refractivity contribution in [3.8, 4) is 0 Å². The Morgan fingerprint density at radius 1 is 1.14 bits per heavy atom. The Morgan fingerprint density at radius 3 is 2.43 bits per heavy atom. The molecule has 0 atom stereocenters.